The van der Waals surface area contributed by atoms with Gasteiger partial charge in [0.1, 0.15) is 18.2 Å². The molecule has 3 aliphatic heterocycles. The molecule has 42 heavy (non-hydrogen) atoms. The minimum atomic E-state index is -0.637. The maximum Gasteiger partial charge on any atom is 0.310 e. The number of hydrogen-bond acceptors (Lipinski definition) is 6. The molecule has 2 unspecified atom stereocenters. The number of hydrogen-bond donors (Lipinski definition) is 1. The van der Waals surface area contributed by atoms with Crippen molar-refractivity contribution < 1.29 is 19.4 Å². The summed E-state index contributed by atoms with van der Waals surface area (Å²) in [5, 5.41) is 9.66. The van der Waals surface area contributed by atoms with E-state index in [1.807, 2.05) is 18.2 Å². The average molecular weight is 568 g/mol. The van der Waals surface area contributed by atoms with Gasteiger partial charge in [-0.1, -0.05) is 30.3 Å². The first kappa shape index (κ1) is 27.4. The number of fused-ring (bicyclic) bond motifs is 2. The van der Waals surface area contributed by atoms with Crippen molar-refractivity contribution in [3.63, 3.8) is 0 Å². The van der Waals surface area contributed by atoms with Crippen LogP contribution in [0.2, 0.25) is 0 Å². The fraction of sp³-hybridized carbons (Fsp3) is 0.486. The van der Waals surface area contributed by atoms with Crippen LogP contribution in [0.1, 0.15) is 53.5 Å². The van der Waals surface area contributed by atoms with E-state index >= 15 is 0 Å². The van der Waals surface area contributed by atoms with Gasteiger partial charge in [-0.3, -0.25) is 9.69 Å². The second kappa shape index (κ2) is 11.0. The van der Waals surface area contributed by atoms with E-state index < -0.39 is 11.4 Å². The lowest BCUT2D eigenvalue weighted by molar-refractivity contribution is -0.144. The van der Waals surface area contributed by atoms with Crippen LogP contribution in [0, 0.1) is 25.2 Å². The normalized spacial score (nSPS) is 24.1. The minimum absolute atomic E-state index is 0.219. The highest BCUT2D eigenvalue weighted by atomic mass is 16.5. The fourth-order valence-corrected chi connectivity index (χ4v) is 7.57. The maximum atomic E-state index is 11.7. The van der Waals surface area contributed by atoms with E-state index in [1.54, 1.807) is 0 Å². The number of nitrogens with zero attached hydrogens (tertiary/aromatic N) is 3. The molecular weight excluding hydrogens is 526 g/mol. The van der Waals surface area contributed by atoms with Gasteiger partial charge in [0.2, 0.25) is 0 Å². The number of benzene rings is 2. The molecule has 2 atom stereocenters. The smallest absolute Gasteiger partial charge is 0.310 e. The Balaban J connectivity index is 1.07. The summed E-state index contributed by atoms with van der Waals surface area (Å²) < 4.78 is 12.2. The molecule has 3 fully saturated rings. The number of ether oxygens (including phenoxy) is 2. The molecule has 3 aromatic rings. The predicted molar refractivity (Wildman–Crippen MR) is 163 cm³/mol. The minimum Gasteiger partial charge on any atom is -0.488 e. The summed E-state index contributed by atoms with van der Waals surface area (Å²) in [7, 11) is 0. The molecule has 0 radical (unpaired) electrons. The van der Waals surface area contributed by atoms with Gasteiger partial charge >= 0.3 is 5.97 Å². The molecular formula is C35H41N3O4. The lowest BCUT2D eigenvalue weighted by Gasteiger charge is -2.38. The van der Waals surface area contributed by atoms with Gasteiger partial charge in [-0.15, -0.1) is 0 Å². The largest absolute Gasteiger partial charge is 0.488 e. The van der Waals surface area contributed by atoms with Crippen LogP contribution < -0.4 is 9.64 Å². The zero-order chi connectivity index (χ0) is 28.8. The molecule has 4 heterocycles. The Morgan fingerprint density at radius 3 is 2.74 bits per heavy atom. The van der Waals surface area contributed by atoms with Crippen molar-refractivity contribution >= 4 is 11.8 Å². The highest BCUT2D eigenvalue weighted by Crippen LogP contribution is 2.58. The number of para-hydroxylation sites is 1. The molecule has 2 aromatic carbocycles. The number of carboxylic acid groups (broad SMARTS) is 1. The second-order valence-electron chi connectivity index (χ2n) is 12.7. The van der Waals surface area contributed by atoms with Gasteiger partial charge in [0.15, 0.2) is 0 Å². The summed E-state index contributed by atoms with van der Waals surface area (Å²) in [6, 6.07) is 17.6. The van der Waals surface area contributed by atoms with Gasteiger partial charge in [-0.25, -0.2) is 4.98 Å². The first-order valence-electron chi connectivity index (χ1n) is 15.5. The van der Waals surface area contributed by atoms with E-state index in [0.29, 0.717) is 19.1 Å². The number of anilines is 1. The van der Waals surface area contributed by atoms with Crippen LogP contribution in [0.15, 0.2) is 48.5 Å². The van der Waals surface area contributed by atoms with Crippen LogP contribution in [-0.4, -0.2) is 59.8 Å². The third-order valence-electron chi connectivity index (χ3n) is 10.4. The SMILES string of the molecule is Cc1cccc(-c2cccc(N3CCC4(C(=O)O)CC4C3)n2)c1OCc1ccc2c(c1C)CCN(C1CCOCC1)C2. The van der Waals surface area contributed by atoms with Crippen molar-refractivity contribution in [3.8, 4) is 17.0 Å². The fourth-order valence-electron chi connectivity index (χ4n) is 7.57. The Morgan fingerprint density at radius 2 is 1.93 bits per heavy atom. The Bertz CT molecular complexity index is 1500. The van der Waals surface area contributed by atoms with Crippen molar-refractivity contribution in [1.82, 2.24) is 9.88 Å². The quantitative estimate of drug-likeness (QED) is 0.388. The van der Waals surface area contributed by atoms with Crippen molar-refractivity contribution in [2.24, 2.45) is 11.3 Å². The topological polar surface area (TPSA) is 75.1 Å². The van der Waals surface area contributed by atoms with Crippen LogP contribution in [-0.2, 0) is 29.1 Å². The lowest BCUT2D eigenvalue weighted by atomic mass is 9.90. The molecule has 0 bridgehead atoms. The molecule has 4 aliphatic rings. The van der Waals surface area contributed by atoms with E-state index in [0.717, 1.165) is 93.5 Å². The summed E-state index contributed by atoms with van der Waals surface area (Å²) in [5.74, 6) is 1.36. The summed E-state index contributed by atoms with van der Waals surface area (Å²) in [5.41, 5.74) is 8.00. The van der Waals surface area contributed by atoms with E-state index in [4.69, 9.17) is 14.5 Å². The molecule has 1 N–H and O–H groups in total. The lowest BCUT2D eigenvalue weighted by Crippen LogP contribution is -2.42. The molecule has 1 aliphatic carbocycles. The van der Waals surface area contributed by atoms with Crippen LogP contribution >= 0.6 is 0 Å². The molecule has 7 heteroatoms. The van der Waals surface area contributed by atoms with Crippen molar-refractivity contribution in [2.45, 2.75) is 65.1 Å². The van der Waals surface area contributed by atoms with Crippen molar-refractivity contribution in [3.05, 3.63) is 76.3 Å². The number of pyridine rings is 1. The zero-order valence-corrected chi connectivity index (χ0v) is 24.8. The Morgan fingerprint density at radius 1 is 1.10 bits per heavy atom. The average Bonchev–Trinajstić information content (AvgIpc) is 3.77. The number of aromatic nitrogens is 1. The van der Waals surface area contributed by atoms with Crippen LogP contribution in [0.5, 0.6) is 5.75 Å². The number of piperidine rings is 1. The van der Waals surface area contributed by atoms with Crippen molar-refractivity contribution in [1.29, 1.82) is 0 Å². The molecule has 220 valence electrons. The first-order valence-corrected chi connectivity index (χ1v) is 15.5. The van der Waals surface area contributed by atoms with E-state index in [-0.39, 0.29) is 5.92 Å². The standard InChI is InChI=1S/C35H41N3O4/c1-23-5-3-6-30(31-7-4-8-32(36-31)38-16-14-35(34(39)40)19-27(35)21-38)33(23)42-22-26-10-9-25-20-37(15-11-29(25)24(26)2)28-12-17-41-18-13-28/h3-10,27-28H,11-22H2,1-2H3,(H,39,40). The molecule has 7 nitrogen and oxygen atoms in total. The summed E-state index contributed by atoms with van der Waals surface area (Å²) in [6.07, 6.45) is 4.83. The third kappa shape index (κ3) is 4.96. The number of rotatable bonds is 7. The zero-order valence-electron chi connectivity index (χ0n) is 24.8. The third-order valence-corrected chi connectivity index (χ3v) is 10.4. The summed E-state index contributed by atoms with van der Waals surface area (Å²) in [6.45, 7) is 10.3. The van der Waals surface area contributed by atoms with Gasteiger partial charge in [-0.2, -0.15) is 0 Å². The predicted octanol–water partition coefficient (Wildman–Crippen LogP) is 5.78. The molecule has 2 saturated heterocycles. The summed E-state index contributed by atoms with van der Waals surface area (Å²) >= 11 is 0. The van der Waals surface area contributed by atoms with Crippen LogP contribution in [0.25, 0.3) is 11.3 Å². The monoisotopic (exact) mass is 567 g/mol. The van der Waals surface area contributed by atoms with Crippen LogP contribution in [0.3, 0.4) is 0 Å². The number of aliphatic carboxylic acids is 1. The van der Waals surface area contributed by atoms with Gasteiger partial charge in [0, 0.05) is 51.0 Å². The number of carboxylic acids is 1. The van der Waals surface area contributed by atoms with E-state index in [2.05, 4.69) is 54.0 Å². The molecule has 0 amide bonds. The van der Waals surface area contributed by atoms with Gasteiger partial charge in [0.25, 0.3) is 0 Å². The molecule has 1 saturated carbocycles. The number of aryl methyl sites for hydroxylation is 1. The Labute approximate surface area is 248 Å². The second-order valence-corrected chi connectivity index (χ2v) is 12.7. The molecule has 1 aromatic heterocycles. The molecule has 0 spiro atoms. The van der Waals surface area contributed by atoms with Crippen LogP contribution in [0.4, 0.5) is 5.82 Å². The van der Waals surface area contributed by atoms with Gasteiger partial charge < -0.3 is 19.5 Å². The summed E-state index contributed by atoms with van der Waals surface area (Å²) in [4.78, 5) is 21.7. The van der Waals surface area contributed by atoms with E-state index in [1.165, 1.54) is 22.3 Å². The molecule has 7 rings (SSSR count). The highest BCUT2D eigenvalue weighted by molar-refractivity contribution is 5.79. The van der Waals surface area contributed by atoms with Gasteiger partial charge in [-0.05, 0) is 97.9 Å². The first-order chi connectivity index (χ1) is 20.4. The maximum absolute atomic E-state index is 11.7. The highest BCUT2D eigenvalue weighted by Gasteiger charge is 2.62. The van der Waals surface area contributed by atoms with Gasteiger partial charge in [0.05, 0.1) is 11.1 Å². The number of carbonyl (C=O) groups is 1. The Hall–Kier alpha value is -3.42. The van der Waals surface area contributed by atoms with E-state index in [9.17, 15) is 9.90 Å². The Kier molecular flexibility index (Phi) is 7.19. The van der Waals surface area contributed by atoms with Crippen molar-refractivity contribution in [2.75, 3.05) is 37.7 Å².